The van der Waals surface area contributed by atoms with E-state index in [-0.39, 0.29) is 12.2 Å². The van der Waals surface area contributed by atoms with Crippen LogP contribution in [0.1, 0.15) is 18.1 Å². The van der Waals surface area contributed by atoms with E-state index in [2.05, 4.69) is 99.6 Å². The van der Waals surface area contributed by atoms with Crippen molar-refractivity contribution in [3.63, 3.8) is 0 Å². The minimum Gasteiger partial charge on any atom is -0.362 e. The summed E-state index contributed by atoms with van der Waals surface area (Å²) in [7, 11) is 0. The second kappa shape index (κ2) is 7.26. The Balaban J connectivity index is 1.60. The number of fused-ring (bicyclic) bond motifs is 2. The lowest BCUT2D eigenvalue weighted by molar-refractivity contribution is 0.583. The maximum absolute atomic E-state index is 5.13. The van der Waals surface area contributed by atoms with Crippen LogP contribution in [0.3, 0.4) is 0 Å². The SMILES string of the molecule is Cc1ccccc1N1C=c2c(C)cccc2=NC1C(C)Nc1ncnc2nc[nH]c12. The van der Waals surface area contributed by atoms with Crippen molar-refractivity contribution in [3.05, 3.63) is 76.8 Å². The van der Waals surface area contributed by atoms with Gasteiger partial charge < -0.3 is 15.2 Å². The Morgan fingerprint density at radius 3 is 2.70 bits per heavy atom. The lowest BCUT2D eigenvalue weighted by Gasteiger charge is -2.35. The van der Waals surface area contributed by atoms with Crippen molar-refractivity contribution in [2.24, 2.45) is 4.99 Å². The number of aromatic amines is 1. The molecule has 2 atom stereocenters. The fraction of sp³-hybridized carbons (Fsp3) is 0.217. The first-order valence-electron chi connectivity index (χ1n) is 10.0. The zero-order valence-electron chi connectivity index (χ0n) is 17.2. The molecule has 0 bridgehead atoms. The lowest BCUT2D eigenvalue weighted by Crippen LogP contribution is -2.49. The van der Waals surface area contributed by atoms with Crippen LogP contribution in [0.4, 0.5) is 11.5 Å². The number of imidazole rings is 1. The monoisotopic (exact) mass is 397 g/mol. The third kappa shape index (κ3) is 3.08. The van der Waals surface area contributed by atoms with Gasteiger partial charge in [-0.1, -0.05) is 30.3 Å². The predicted octanol–water partition coefficient (Wildman–Crippen LogP) is 2.67. The fourth-order valence-electron chi connectivity index (χ4n) is 3.95. The number of para-hydroxylation sites is 1. The van der Waals surface area contributed by atoms with Crippen LogP contribution >= 0.6 is 0 Å². The minimum atomic E-state index is -0.145. The summed E-state index contributed by atoms with van der Waals surface area (Å²) in [5.41, 5.74) is 5.00. The molecule has 3 heterocycles. The highest BCUT2D eigenvalue weighted by Crippen LogP contribution is 2.26. The third-order valence-electron chi connectivity index (χ3n) is 5.55. The molecule has 2 unspecified atom stereocenters. The van der Waals surface area contributed by atoms with Crippen LogP contribution in [0.25, 0.3) is 17.4 Å². The molecule has 4 aromatic rings. The van der Waals surface area contributed by atoms with E-state index in [9.17, 15) is 0 Å². The van der Waals surface area contributed by atoms with Gasteiger partial charge in [0.05, 0.1) is 17.7 Å². The molecular weight excluding hydrogens is 374 g/mol. The first kappa shape index (κ1) is 18.3. The van der Waals surface area contributed by atoms with Crippen molar-refractivity contribution in [2.75, 3.05) is 10.2 Å². The molecule has 0 aliphatic carbocycles. The second-order valence-corrected chi connectivity index (χ2v) is 7.63. The summed E-state index contributed by atoms with van der Waals surface area (Å²) in [6.45, 7) is 6.38. The highest BCUT2D eigenvalue weighted by Gasteiger charge is 2.27. The summed E-state index contributed by atoms with van der Waals surface area (Å²) in [5, 5.41) is 5.69. The predicted molar refractivity (Wildman–Crippen MR) is 119 cm³/mol. The molecule has 0 saturated heterocycles. The van der Waals surface area contributed by atoms with Gasteiger partial charge in [-0.25, -0.2) is 15.0 Å². The topological polar surface area (TPSA) is 82.1 Å². The van der Waals surface area contributed by atoms with E-state index < -0.39 is 0 Å². The van der Waals surface area contributed by atoms with Gasteiger partial charge in [-0.2, -0.15) is 0 Å². The number of anilines is 2. The number of hydrogen-bond acceptors (Lipinski definition) is 6. The Bertz CT molecular complexity index is 1340. The lowest BCUT2D eigenvalue weighted by atomic mass is 10.1. The molecule has 0 amide bonds. The summed E-state index contributed by atoms with van der Waals surface area (Å²) in [6.07, 6.45) is 5.23. The average Bonchev–Trinajstić information content (AvgIpc) is 3.24. The molecule has 1 aliphatic rings. The first-order chi connectivity index (χ1) is 14.6. The number of H-pyrrole nitrogens is 1. The molecule has 2 N–H and O–H groups in total. The molecule has 5 rings (SSSR count). The summed E-state index contributed by atoms with van der Waals surface area (Å²) >= 11 is 0. The molecule has 2 aromatic heterocycles. The zero-order chi connectivity index (χ0) is 20.7. The van der Waals surface area contributed by atoms with Gasteiger partial charge in [0.25, 0.3) is 0 Å². The number of nitrogens with one attached hydrogen (secondary N) is 2. The fourth-order valence-corrected chi connectivity index (χ4v) is 3.95. The van der Waals surface area contributed by atoms with Crippen molar-refractivity contribution in [2.45, 2.75) is 33.0 Å². The van der Waals surface area contributed by atoms with Crippen LogP contribution < -0.4 is 20.8 Å². The summed E-state index contributed by atoms with van der Waals surface area (Å²) < 4.78 is 0. The Morgan fingerprint density at radius 1 is 1.00 bits per heavy atom. The van der Waals surface area contributed by atoms with E-state index in [0.717, 1.165) is 27.6 Å². The zero-order valence-corrected chi connectivity index (χ0v) is 17.2. The van der Waals surface area contributed by atoms with Crippen molar-refractivity contribution < 1.29 is 0 Å². The first-order valence-corrected chi connectivity index (χ1v) is 10.0. The van der Waals surface area contributed by atoms with Crippen LogP contribution in [-0.4, -0.2) is 32.1 Å². The molecule has 2 aromatic carbocycles. The molecule has 0 spiro atoms. The molecule has 7 nitrogen and oxygen atoms in total. The largest absolute Gasteiger partial charge is 0.362 e. The maximum Gasteiger partial charge on any atom is 0.182 e. The van der Waals surface area contributed by atoms with Crippen LogP contribution in [0.5, 0.6) is 0 Å². The molecular formula is C23H23N7. The number of aromatic nitrogens is 4. The number of aryl methyl sites for hydroxylation is 2. The van der Waals surface area contributed by atoms with Crippen molar-refractivity contribution in [3.8, 4) is 0 Å². The van der Waals surface area contributed by atoms with Gasteiger partial charge in [-0.15, -0.1) is 0 Å². The number of rotatable bonds is 4. The Hall–Kier alpha value is -3.74. The Labute approximate surface area is 174 Å². The molecule has 30 heavy (non-hydrogen) atoms. The molecule has 0 fully saturated rings. The quantitative estimate of drug-likeness (QED) is 0.553. The molecule has 0 radical (unpaired) electrons. The van der Waals surface area contributed by atoms with Crippen molar-refractivity contribution in [1.29, 1.82) is 0 Å². The van der Waals surface area contributed by atoms with Gasteiger partial charge in [-0.05, 0) is 44.0 Å². The van der Waals surface area contributed by atoms with Gasteiger partial charge in [0, 0.05) is 17.1 Å². The number of nitrogens with zero attached hydrogens (tertiary/aromatic N) is 5. The van der Waals surface area contributed by atoms with E-state index in [0.29, 0.717) is 5.65 Å². The van der Waals surface area contributed by atoms with Crippen LogP contribution in [0.2, 0.25) is 0 Å². The number of hydrogen-bond donors (Lipinski definition) is 2. The highest BCUT2D eigenvalue weighted by molar-refractivity contribution is 5.82. The van der Waals surface area contributed by atoms with Gasteiger partial charge in [0.15, 0.2) is 11.5 Å². The van der Waals surface area contributed by atoms with E-state index in [1.807, 2.05) is 0 Å². The van der Waals surface area contributed by atoms with Gasteiger partial charge in [-0.3, -0.25) is 4.99 Å². The molecule has 7 heteroatoms. The molecule has 1 aliphatic heterocycles. The van der Waals surface area contributed by atoms with Crippen molar-refractivity contribution >= 4 is 28.9 Å². The average molecular weight is 397 g/mol. The van der Waals surface area contributed by atoms with E-state index >= 15 is 0 Å². The normalized spacial score (nSPS) is 16.5. The van der Waals surface area contributed by atoms with Crippen molar-refractivity contribution in [1.82, 2.24) is 19.9 Å². The highest BCUT2D eigenvalue weighted by atomic mass is 15.3. The van der Waals surface area contributed by atoms with Crippen LogP contribution in [0, 0.1) is 13.8 Å². The van der Waals surface area contributed by atoms with E-state index in [1.54, 1.807) is 6.33 Å². The smallest absolute Gasteiger partial charge is 0.182 e. The summed E-state index contributed by atoms with van der Waals surface area (Å²) in [6, 6.07) is 14.6. The maximum atomic E-state index is 5.13. The molecule has 0 saturated carbocycles. The van der Waals surface area contributed by atoms with E-state index in [4.69, 9.17) is 4.99 Å². The third-order valence-corrected chi connectivity index (χ3v) is 5.55. The second-order valence-electron chi connectivity index (χ2n) is 7.63. The van der Waals surface area contributed by atoms with E-state index in [1.165, 1.54) is 17.5 Å². The van der Waals surface area contributed by atoms with Crippen LogP contribution in [0.15, 0.2) is 60.1 Å². The number of benzene rings is 2. The minimum absolute atomic E-state index is 0.0316. The van der Waals surface area contributed by atoms with Gasteiger partial charge in [0.2, 0.25) is 0 Å². The summed E-state index contributed by atoms with van der Waals surface area (Å²) in [5.74, 6) is 0.722. The van der Waals surface area contributed by atoms with Gasteiger partial charge in [0.1, 0.15) is 18.0 Å². The summed E-state index contributed by atoms with van der Waals surface area (Å²) in [4.78, 5) is 23.4. The Morgan fingerprint density at radius 2 is 1.83 bits per heavy atom. The van der Waals surface area contributed by atoms with Crippen LogP contribution in [-0.2, 0) is 0 Å². The Kier molecular flexibility index (Phi) is 4.43. The van der Waals surface area contributed by atoms with Gasteiger partial charge >= 0.3 is 0 Å². The standard InChI is InChI=1S/C23H23N7/c1-14-8-6-9-18-17(14)11-30(19-10-5-4-7-15(19)2)23(29-18)16(3)28-22-20-21(25-12-24-20)26-13-27-22/h4-13,16,23H,1-3H3,(H2,24,25,26,27,28). The molecule has 150 valence electrons.